The van der Waals surface area contributed by atoms with E-state index in [2.05, 4.69) is 20.2 Å². The first-order chi connectivity index (χ1) is 13.5. The van der Waals surface area contributed by atoms with E-state index < -0.39 is 5.97 Å². The van der Waals surface area contributed by atoms with Crippen LogP contribution in [0.15, 0.2) is 30.3 Å². The molecule has 2 heterocycles. The number of aromatic carboxylic acids is 1. The minimum atomic E-state index is -0.964. The van der Waals surface area contributed by atoms with E-state index in [0.717, 1.165) is 11.5 Å². The number of piperazine rings is 1. The standard InChI is InChI=1S/C19H23N5O4/c1-3-28-19(27)24-10-8-23(9-11-24)17-12-16(20-13(2)21-17)22-15-6-4-14(5-7-15)18(25)26/h4-7,12H,3,8-11H2,1-2H3,(H,25,26)(H,20,21,22). The lowest BCUT2D eigenvalue weighted by Gasteiger charge is -2.34. The number of carboxylic acids is 1. The maximum absolute atomic E-state index is 11.8. The van der Waals surface area contributed by atoms with Crippen LogP contribution in [0.2, 0.25) is 0 Å². The van der Waals surface area contributed by atoms with E-state index in [1.54, 1.807) is 24.0 Å². The summed E-state index contributed by atoms with van der Waals surface area (Å²) in [6.45, 7) is 6.43. The van der Waals surface area contributed by atoms with E-state index in [0.29, 0.717) is 44.4 Å². The molecule has 3 rings (SSSR count). The van der Waals surface area contributed by atoms with Crippen LogP contribution in [0.4, 0.5) is 22.1 Å². The summed E-state index contributed by atoms with van der Waals surface area (Å²) in [4.78, 5) is 35.5. The van der Waals surface area contributed by atoms with E-state index in [1.165, 1.54) is 12.1 Å². The maximum Gasteiger partial charge on any atom is 0.409 e. The molecule has 0 unspecified atom stereocenters. The van der Waals surface area contributed by atoms with Gasteiger partial charge >= 0.3 is 12.1 Å². The van der Waals surface area contributed by atoms with Crippen LogP contribution in [0.3, 0.4) is 0 Å². The number of rotatable bonds is 5. The van der Waals surface area contributed by atoms with Crippen LogP contribution in [0, 0.1) is 6.92 Å². The zero-order chi connectivity index (χ0) is 20.1. The minimum absolute atomic E-state index is 0.226. The van der Waals surface area contributed by atoms with Gasteiger partial charge in [-0.1, -0.05) is 0 Å². The highest BCUT2D eigenvalue weighted by atomic mass is 16.6. The Kier molecular flexibility index (Phi) is 5.93. The molecular weight excluding hydrogens is 362 g/mol. The molecule has 0 atom stereocenters. The number of nitrogens with one attached hydrogen (secondary N) is 1. The van der Waals surface area contributed by atoms with Gasteiger partial charge in [0.25, 0.3) is 0 Å². The molecule has 0 radical (unpaired) electrons. The van der Waals surface area contributed by atoms with Crippen molar-refractivity contribution in [2.24, 2.45) is 0 Å². The molecule has 1 aromatic heterocycles. The summed E-state index contributed by atoms with van der Waals surface area (Å²) in [5, 5.41) is 12.2. The highest BCUT2D eigenvalue weighted by molar-refractivity contribution is 5.88. The predicted molar refractivity (Wildman–Crippen MR) is 104 cm³/mol. The molecule has 2 aromatic rings. The fourth-order valence-electron chi connectivity index (χ4n) is 2.95. The third-order valence-electron chi connectivity index (χ3n) is 4.36. The van der Waals surface area contributed by atoms with Gasteiger partial charge in [0, 0.05) is 37.9 Å². The Balaban J connectivity index is 1.68. The third kappa shape index (κ3) is 4.67. The van der Waals surface area contributed by atoms with Crippen molar-refractivity contribution < 1.29 is 19.4 Å². The van der Waals surface area contributed by atoms with Crippen molar-refractivity contribution in [3.8, 4) is 0 Å². The Bertz CT molecular complexity index is 848. The van der Waals surface area contributed by atoms with Crippen molar-refractivity contribution in [1.29, 1.82) is 0 Å². The largest absolute Gasteiger partial charge is 0.478 e. The molecule has 2 N–H and O–H groups in total. The number of carbonyl (C=O) groups is 2. The van der Waals surface area contributed by atoms with Crippen LogP contribution in [0.25, 0.3) is 0 Å². The monoisotopic (exact) mass is 385 g/mol. The quantitative estimate of drug-likeness (QED) is 0.808. The molecule has 1 fully saturated rings. The second-order valence-electron chi connectivity index (χ2n) is 6.34. The lowest BCUT2D eigenvalue weighted by molar-refractivity contribution is 0.0696. The lowest BCUT2D eigenvalue weighted by atomic mass is 10.2. The minimum Gasteiger partial charge on any atom is -0.478 e. The van der Waals surface area contributed by atoms with Gasteiger partial charge in [-0.3, -0.25) is 0 Å². The molecule has 1 aliphatic rings. The number of amides is 1. The number of carbonyl (C=O) groups excluding carboxylic acids is 1. The van der Waals surface area contributed by atoms with Gasteiger partial charge in [-0.15, -0.1) is 0 Å². The van der Waals surface area contributed by atoms with Gasteiger partial charge in [-0.05, 0) is 38.1 Å². The zero-order valence-electron chi connectivity index (χ0n) is 15.9. The molecule has 0 bridgehead atoms. The fourth-order valence-corrected chi connectivity index (χ4v) is 2.95. The highest BCUT2D eigenvalue weighted by Crippen LogP contribution is 2.21. The van der Waals surface area contributed by atoms with Gasteiger partial charge in [0.05, 0.1) is 12.2 Å². The molecule has 148 valence electrons. The average Bonchev–Trinajstić information content (AvgIpc) is 2.68. The number of anilines is 3. The van der Waals surface area contributed by atoms with Crippen molar-refractivity contribution in [3.63, 3.8) is 0 Å². The van der Waals surface area contributed by atoms with Gasteiger partial charge < -0.3 is 25.0 Å². The smallest absolute Gasteiger partial charge is 0.409 e. The van der Waals surface area contributed by atoms with Crippen LogP contribution in [-0.4, -0.2) is 64.8 Å². The van der Waals surface area contributed by atoms with Crippen molar-refractivity contribution in [2.75, 3.05) is 43.0 Å². The van der Waals surface area contributed by atoms with Crippen molar-refractivity contribution in [3.05, 3.63) is 41.7 Å². The van der Waals surface area contributed by atoms with Crippen LogP contribution < -0.4 is 10.2 Å². The molecule has 1 aliphatic heterocycles. The van der Waals surface area contributed by atoms with Crippen molar-refractivity contribution >= 4 is 29.4 Å². The summed E-state index contributed by atoms with van der Waals surface area (Å²) < 4.78 is 5.05. The number of aromatic nitrogens is 2. The predicted octanol–water partition coefficient (Wildman–Crippen LogP) is 2.51. The van der Waals surface area contributed by atoms with E-state index in [4.69, 9.17) is 9.84 Å². The zero-order valence-corrected chi connectivity index (χ0v) is 15.9. The molecule has 9 nitrogen and oxygen atoms in total. The second kappa shape index (κ2) is 8.55. The van der Waals surface area contributed by atoms with Gasteiger partial charge in [0.2, 0.25) is 0 Å². The molecule has 1 amide bonds. The molecule has 0 spiro atoms. The maximum atomic E-state index is 11.8. The van der Waals surface area contributed by atoms with Crippen LogP contribution >= 0.6 is 0 Å². The summed E-state index contributed by atoms with van der Waals surface area (Å²) in [6, 6.07) is 8.30. The summed E-state index contributed by atoms with van der Waals surface area (Å²) in [5.41, 5.74) is 0.964. The first-order valence-corrected chi connectivity index (χ1v) is 9.09. The molecule has 0 aliphatic carbocycles. The molecule has 1 aromatic carbocycles. The normalized spacial score (nSPS) is 13.9. The summed E-state index contributed by atoms with van der Waals surface area (Å²) in [6.07, 6.45) is -0.284. The van der Waals surface area contributed by atoms with Gasteiger partial charge in [-0.2, -0.15) is 0 Å². The molecule has 1 saturated heterocycles. The van der Waals surface area contributed by atoms with Gasteiger partial charge in [-0.25, -0.2) is 19.6 Å². The number of ether oxygens (including phenoxy) is 1. The number of hydrogen-bond donors (Lipinski definition) is 2. The Morgan fingerprint density at radius 3 is 2.43 bits per heavy atom. The first kappa shape index (κ1) is 19.4. The van der Waals surface area contributed by atoms with Gasteiger partial charge in [0.15, 0.2) is 0 Å². The topological polar surface area (TPSA) is 108 Å². The molecule has 9 heteroatoms. The van der Waals surface area contributed by atoms with Crippen LogP contribution in [-0.2, 0) is 4.74 Å². The summed E-state index contributed by atoms with van der Waals surface area (Å²) >= 11 is 0. The third-order valence-corrected chi connectivity index (χ3v) is 4.36. The fraction of sp³-hybridized carbons (Fsp3) is 0.368. The van der Waals surface area contributed by atoms with Crippen LogP contribution in [0.1, 0.15) is 23.1 Å². The van der Waals surface area contributed by atoms with E-state index in [1.807, 2.05) is 13.0 Å². The lowest BCUT2D eigenvalue weighted by Crippen LogP contribution is -2.49. The van der Waals surface area contributed by atoms with Crippen LogP contribution in [0.5, 0.6) is 0 Å². The van der Waals surface area contributed by atoms with E-state index in [9.17, 15) is 9.59 Å². The van der Waals surface area contributed by atoms with Crippen molar-refractivity contribution in [1.82, 2.24) is 14.9 Å². The Morgan fingerprint density at radius 1 is 1.14 bits per heavy atom. The SMILES string of the molecule is CCOC(=O)N1CCN(c2cc(Nc3ccc(C(=O)O)cc3)nc(C)n2)CC1. The molecule has 0 saturated carbocycles. The number of carboxylic acid groups (broad SMARTS) is 1. The second-order valence-corrected chi connectivity index (χ2v) is 6.34. The Hall–Kier alpha value is -3.36. The van der Waals surface area contributed by atoms with E-state index >= 15 is 0 Å². The van der Waals surface area contributed by atoms with Gasteiger partial charge in [0.1, 0.15) is 17.5 Å². The average molecular weight is 385 g/mol. The Labute approximate surface area is 163 Å². The number of nitrogens with zero attached hydrogens (tertiary/aromatic N) is 4. The Morgan fingerprint density at radius 2 is 1.82 bits per heavy atom. The molecular formula is C19H23N5O4. The highest BCUT2D eigenvalue weighted by Gasteiger charge is 2.23. The number of benzene rings is 1. The number of aryl methyl sites for hydroxylation is 1. The molecule has 28 heavy (non-hydrogen) atoms. The van der Waals surface area contributed by atoms with E-state index in [-0.39, 0.29) is 11.7 Å². The summed E-state index contributed by atoms with van der Waals surface area (Å²) in [5.74, 6) is 1.06. The van der Waals surface area contributed by atoms with Crippen molar-refractivity contribution in [2.45, 2.75) is 13.8 Å². The number of hydrogen-bond acceptors (Lipinski definition) is 7. The summed E-state index contributed by atoms with van der Waals surface area (Å²) in [7, 11) is 0. The first-order valence-electron chi connectivity index (χ1n) is 9.09.